The minimum atomic E-state index is 0.280. The number of aryl methyl sites for hydroxylation is 1. The highest BCUT2D eigenvalue weighted by Crippen LogP contribution is 2.22. The lowest BCUT2D eigenvalue weighted by molar-refractivity contribution is 0.252. The Labute approximate surface area is 133 Å². The molecule has 5 heteroatoms. The highest BCUT2D eigenvalue weighted by atomic mass is 32.2. The summed E-state index contributed by atoms with van der Waals surface area (Å²) in [6, 6.07) is 18.1. The molecule has 0 saturated heterocycles. The van der Waals surface area contributed by atoms with Gasteiger partial charge in [0.05, 0.1) is 0 Å². The molecule has 1 aromatic heterocycles. The summed E-state index contributed by atoms with van der Waals surface area (Å²) >= 11 is 1.52. The highest BCUT2D eigenvalue weighted by Gasteiger charge is 2.07. The molecule has 0 aliphatic carbocycles. The molecule has 0 unspecified atom stereocenters. The van der Waals surface area contributed by atoms with Gasteiger partial charge in [0.2, 0.25) is 0 Å². The summed E-state index contributed by atoms with van der Waals surface area (Å²) in [5, 5.41) is 8.59. The van der Waals surface area contributed by atoms with E-state index in [2.05, 4.69) is 22.3 Å². The van der Waals surface area contributed by atoms with Crippen LogP contribution < -0.4 is 4.74 Å². The maximum Gasteiger partial charge on any atom is 0.277 e. The Morgan fingerprint density at radius 2 is 1.91 bits per heavy atom. The molecule has 0 atom stereocenters. The molecular formula is C17H16N2O2S. The van der Waals surface area contributed by atoms with E-state index in [0.29, 0.717) is 11.1 Å². The van der Waals surface area contributed by atoms with Crippen LogP contribution in [0.2, 0.25) is 0 Å². The lowest BCUT2D eigenvalue weighted by Crippen LogP contribution is -1.95. The van der Waals surface area contributed by atoms with E-state index in [1.807, 2.05) is 49.4 Å². The van der Waals surface area contributed by atoms with Crippen LogP contribution in [-0.2, 0) is 12.4 Å². The van der Waals surface area contributed by atoms with Crippen molar-refractivity contribution in [2.24, 2.45) is 0 Å². The largest absolute Gasteiger partial charge is 0.484 e. The smallest absolute Gasteiger partial charge is 0.277 e. The van der Waals surface area contributed by atoms with Crippen molar-refractivity contribution in [1.82, 2.24) is 10.2 Å². The normalized spacial score (nSPS) is 10.6. The van der Waals surface area contributed by atoms with Gasteiger partial charge in [-0.05, 0) is 30.2 Å². The summed E-state index contributed by atoms with van der Waals surface area (Å²) in [6.07, 6.45) is 0. The Morgan fingerprint density at radius 1 is 1.05 bits per heavy atom. The molecule has 0 radical (unpaired) electrons. The Bertz CT molecular complexity index is 728. The monoisotopic (exact) mass is 312 g/mol. The molecule has 0 N–H and O–H groups in total. The first-order valence-corrected chi connectivity index (χ1v) is 7.97. The van der Waals surface area contributed by atoms with Crippen LogP contribution in [0, 0.1) is 6.92 Å². The van der Waals surface area contributed by atoms with E-state index in [-0.39, 0.29) is 6.61 Å². The van der Waals surface area contributed by atoms with Gasteiger partial charge in [-0.3, -0.25) is 0 Å². The van der Waals surface area contributed by atoms with Gasteiger partial charge in [-0.15, -0.1) is 10.2 Å². The van der Waals surface area contributed by atoms with E-state index in [4.69, 9.17) is 9.15 Å². The van der Waals surface area contributed by atoms with Crippen LogP contribution in [0.1, 0.15) is 17.0 Å². The summed E-state index contributed by atoms with van der Waals surface area (Å²) in [5.74, 6) is 2.09. The molecule has 2 aromatic carbocycles. The van der Waals surface area contributed by atoms with Crippen molar-refractivity contribution in [3.05, 3.63) is 71.6 Å². The third-order valence-corrected chi connectivity index (χ3v) is 3.89. The van der Waals surface area contributed by atoms with Crippen molar-refractivity contribution in [1.29, 1.82) is 0 Å². The number of rotatable bonds is 6. The lowest BCUT2D eigenvalue weighted by Gasteiger charge is -2.03. The quantitative estimate of drug-likeness (QED) is 0.637. The van der Waals surface area contributed by atoms with Gasteiger partial charge in [0.15, 0.2) is 6.61 Å². The molecule has 0 fully saturated rings. The zero-order chi connectivity index (χ0) is 15.2. The molecule has 0 saturated carbocycles. The Balaban J connectivity index is 1.53. The van der Waals surface area contributed by atoms with Crippen molar-refractivity contribution in [2.75, 3.05) is 0 Å². The third-order valence-electron chi connectivity index (χ3n) is 3.01. The van der Waals surface area contributed by atoms with E-state index < -0.39 is 0 Å². The fourth-order valence-corrected chi connectivity index (χ4v) is 2.66. The maximum atomic E-state index is 5.64. The van der Waals surface area contributed by atoms with E-state index in [0.717, 1.165) is 17.1 Å². The molecule has 1 heterocycles. The molecule has 0 spiro atoms. The van der Waals surface area contributed by atoms with Crippen LogP contribution in [0.15, 0.2) is 64.2 Å². The average Bonchev–Trinajstić information content (AvgIpc) is 3.00. The minimum absolute atomic E-state index is 0.280. The second-order valence-corrected chi connectivity index (χ2v) is 5.77. The molecule has 22 heavy (non-hydrogen) atoms. The summed E-state index contributed by atoms with van der Waals surface area (Å²) in [7, 11) is 0. The predicted octanol–water partition coefficient (Wildman–Crippen LogP) is 4.25. The molecule has 0 bridgehead atoms. The molecule has 3 aromatic rings. The maximum absolute atomic E-state index is 5.64. The standard InChI is InChI=1S/C17H16N2O2S/c1-13-6-5-9-15(10-13)20-11-16-18-19-17(21-16)22-12-14-7-3-2-4-8-14/h2-10H,11-12H2,1H3. The average molecular weight is 312 g/mol. The van der Waals surface area contributed by atoms with Crippen LogP contribution in [0.25, 0.3) is 0 Å². The predicted molar refractivity (Wildman–Crippen MR) is 85.8 cm³/mol. The van der Waals surface area contributed by atoms with Crippen LogP contribution in [-0.4, -0.2) is 10.2 Å². The Morgan fingerprint density at radius 3 is 2.73 bits per heavy atom. The van der Waals surface area contributed by atoms with Gasteiger partial charge in [-0.25, -0.2) is 0 Å². The zero-order valence-corrected chi connectivity index (χ0v) is 13.0. The van der Waals surface area contributed by atoms with Gasteiger partial charge < -0.3 is 9.15 Å². The second-order valence-electron chi connectivity index (χ2n) is 4.84. The van der Waals surface area contributed by atoms with Gasteiger partial charge in [-0.1, -0.05) is 54.2 Å². The highest BCUT2D eigenvalue weighted by molar-refractivity contribution is 7.98. The molecule has 3 rings (SSSR count). The number of hydrogen-bond acceptors (Lipinski definition) is 5. The topological polar surface area (TPSA) is 48.2 Å². The number of hydrogen-bond donors (Lipinski definition) is 0. The first kappa shape index (κ1) is 14.7. The summed E-state index contributed by atoms with van der Waals surface area (Å²) in [6.45, 7) is 2.31. The molecule has 0 aliphatic heterocycles. The van der Waals surface area contributed by atoms with Crippen molar-refractivity contribution >= 4 is 11.8 Å². The number of ether oxygens (including phenoxy) is 1. The molecular weight excluding hydrogens is 296 g/mol. The molecule has 0 aliphatic rings. The number of aromatic nitrogens is 2. The third kappa shape index (κ3) is 4.11. The van der Waals surface area contributed by atoms with Crippen LogP contribution in [0.4, 0.5) is 0 Å². The van der Waals surface area contributed by atoms with E-state index in [1.54, 1.807) is 0 Å². The summed E-state index contributed by atoms with van der Waals surface area (Å²) in [5.41, 5.74) is 2.38. The molecule has 0 amide bonds. The Kier molecular flexibility index (Phi) is 4.75. The number of nitrogens with zero attached hydrogens (tertiary/aromatic N) is 2. The first-order chi connectivity index (χ1) is 10.8. The summed E-state index contributed by atoms with van der Waals surface area (Å²) in [4.78, 5) is 0. The second kappa shape index (κ2) is 7.13. The van der Waals surface area contributed by atoms with Gasteiger partial charge in [0, 0.05) is 5.75 Å². The number of benzene rings is 2. The minimum Gasteiger partial charge on any atom is -0.484 e. The van der Waals surface area contributed by atoms with E-state index in [1.165, 1.54) is 17.3 Å². The van der Waals surface area contributed by atoms with Crippen molar-refractivity contribution in [2.45, 2.75) is 24.5 Å². The van der Waals surface area contributed by atoms with Crippen LogP contribution in [0.5, 0.6) is 5.75 Å². The SMILES string of the molecule is Cc1cccc(OCc2nnc(SCc3ccccc3)o2)c1. The summed E-state index contributed by atoms with van der Waals surface area (Å²) < 4.78 is 11.2. The van der Waals surface area contributed by atoms with E-state index >= 15 is 0 Å². The molecule has 112 valence electrons. The molecule has 4 nitrogen and oxygen atoms in total. The lowest BCUT2D eigenvalue weighted by atomic mass is 10.2. The van der Waals surface area contributed by atoms with E-state index in [9.17, 15) is 0 Å². The van der Waals surface area contributed by atoms with Gasteiger partial charge in [0.1, 0.15) is 5.75 Å². The van der Waals surface area contributed by atoms with Crippen LogP contribution >= 0.6 is 11.8 Å². The van der Waals surface area contributed by atoms with Crippen molar-refractivity contribution < 1.29 is 9.15 Å². The van der Waals surface area contributed by atoms with Gasteiger partial charge in [-0.2, -0.15) is 0 Å². The van der Waals surface area contributed by atoms with Gasteiger partial charge in [0.25, 0.3) is 11.1 Å². The van der Waals surface area contributed by atoms with Crippen LogP contribution in [0.3, 0.4) is 0 Å². The van der Waals surface area contributed by atoms with Crippen molar-refractivity contribution in [3.63, 3.8) is 0 Å². The Hall–Kier alpha value is -2.27. The van der Waals surface area contributed by atoms with Crippen molar-refractivity contribution in [3.8, 4) is 5.75 Å². The zero-order valence-electron chi connectivity index (χ0n) is 12.2. The fraction of sp³-hybridized carbons (Fsp3) is 0.176. The first-order valence-electron chi connectivity index (χ1n) is 6.98. The van der Waals surface area contributed by atoms with Gasteiger partial charge >= 0.3 is 0 Å². The fourth-order valence-electron chi connectivity index (χ4n) is 1.92. The number of thioether (sulfide) groups is 1.